The zero-order valence-electron chi connectivity index (χ0n) is 11.7. The van der Waals surface area contributed by atoms with E-state index in [1.807, 2.05) is 18.2 Å². The average Bonchev–Trinajstić information content (AvgIpc) is 2.38. The van der Waals surface area contributed by atoms with E-state index in [4.69, 9.17) is 16.3 Å². The van der Waals surface area contributed by atoms with Crippen LogP contribution in [0.3, 0.4) is 0 Å². The molecule has 0 amide bonds. The van der Waals surface area contributed by atoms with Crippen molar-refractivity contribution in [2.45, 2.75) is 18.9 Å². The number of benzene rings is 1. The zero-order valence-corrected chi connectivity index (χ0v) is 12.5. The molecule has 2 rings (SSSR count). The van der Waals surface area contributed by atoms with Crippen molar-refractivity contribution in [3.63, 3.8) is 0 Å². The second kappa shape index (κ2) is 7.25. The van der Waals surface area contributed by atoms with E-state index in [1.165, 1.54) is 5.56 Å². The van der Waals surface area contributed by atoms with E-state index in [-0.39, 0.29) is 0 Å². The number of hydrogen-bond donors (Lipinski definition) is 1. The third-order valence-electron chi connectivity index (χ3n) is 3.58. The molecular formula is C15H23ClN2O. The van der Waals surface area contributed by atoms with Gasteiger partial charge in [-0.15, -0.1) is 0 Å². The summed E-state index contributed by atoms with van der Waals surface area (Å²) in [5.41, 5.74) is 1.28. The van der Waals surface area contributed by atoms with Gasteiger partial charge in [-0.2, -0.15) is 0 Å². The smallest absolute Gasteiger partial charge is 0.0826 e. The number of hydrogen-bond acceptors (Lipinski definition) is 3. The average molecular weight is 283 g/mol. The lowest BCUT2D eigenvalue weighted by Crippen LogP contribution is -2.45. The molecule has 2 atom stereocenters. The number of nitrogens with one attached hydrogen (secondary N) is 1. The van der Waals surface area contributed by atoms with Crippen molar-refractivity contribution >= 4 is 11.6 Å². The quantitative estimate of drug-likeness (QED) is 0.897. The van der Waals surface area contributed by atoms with Crippen molar-refractivity contribution in [3.8, 4) is 0 Å². The van der Waals surface area contributed by atoms with E-state index >= 15 is 0 Å². The molecule has 0 aromatic heterocycles. The topological polar surface area (TPSA) is 24.5 Å². The van der Waals surface area contributed by atoms with Gasteiger partial charge in [0, 0.05) is 31.2 Å². The highest BCUT2D eigenvalue weighted by atomic mass is 35.5. The van der Waals surface area contributed by atoms with Crippen LogP contribution in [0.2, 0.25) is 5.02 Å². The van der Waals surface area contributed by atoms with E-state index in [2.05, 4.69) is 30.3 Å². The van der Waals surface area contributed by atoms with Crippen LogP contribution in [0.25, 0.3) is 0 Å². The van der Waals surface area contributed by atoms with Crippen LogP contribution in [0, 0.1) is 0 Å². The fourth-order valence-electron chi connectivity index (χ4n) is 2.38. The van der Waals surface area contributed by atoms with Crippen LogP contribution in [0.4, 0.5) is 0 Å². The predicted octanol–water partition coefficient (Wildman–Crippen LogP) is 2.36. The fraction of sp³-hybridized carbons (Fsp3) is 0.600. The Balaban J connectivity index is 1.73. The molecule has 0 aliphatic carbocycles. The minimum Gasteiger partial charge on any atom is -0.374 e. The van der Waals surface area contributed by atoms with Gasteiger partial charge >= 0.3 is 0 Å². The van der Waals surface area contributed by atoms with Crippen LogP contribution in [-0.2, 0) is 4.74 Å². The van der Waals surface area contributed by atoms with Crippen LogP contribution >= 0.6 is 11.6 Å². The molecule has 3 nitrogen and oxygen atoms in total. The lowest BCUT2D eigenvalue weighted by Gasteiger charge is -2.30. The first-order chi connectivity index (χ1) is 9.15. The Morgan fingerprint density at radius 3 is 3.11 bits per heavy atom. The van der Waals surface area contributed by atoms with Crippen LogP contribution in [0.15, 0.2) is 24.3 Å². The molecular weight excluding hydrogens is 260 g/mol. The van der Waals surface area contributed by atoms with Gasteiger partial charge in [0.15, 0.2) is 0 Å². The minimum atomic E-state index is 0.310. The van der Waals surface area contributed by atoms with Gasteiger partial charge in [0.1, 0.15) is 0 Å². The molecule has 1 fully saturated rings. The standard InChI is InChI=1S/C15H23ClN2O/c1-12(13-4-3-5-14(16)8-13)9-17-10-15-11-18(2)6-7-19-15/h3-5,8,12,15,17H,6-7,9-11H2,1-2H3. The van der Waals surface area contributed by atoms with Gasteiger partial charge in [0.25, 0.3) is 0 Å². The van der Waals surface area contributed by atoms with Crippen molar-refractivity contribution in [2.75, 3.05) is 39.8 Å². The van der Waals surface area contributed by atoms with E-state index in [1.54, 1.807) is 0 Å². The molecule has 0 spiro atoms. The van der Waals surface area contributed by atoms with E-state index in [0.29, 0.717) is 12.0 Å². The second-order valence-corrected chi connectivity index (χ2v) is 5.81. The van der Waals surface area contributed by atoms with Crippen LogP contribution in [-0.4, -0.2) is 50.8 Å². The van der Waals surface area contributed by atoms with E-state index in [9.17, 15) is 0 Å². The molecule has 1 aliphatic heterocycles. The predicted molar refractivity (Wildman–Crippen MR) is 80.0 cm³/mol. The van der Waals surface area contributed by atoms with Gasteiger partial charge in [-0.1, -0.05) is 30.7 Å². The van der Waals surface area contributed by atoms with E-state index in [0.717, 1.165) is 37.8 Å². The van der Waals surface area contributed by atoms with Gasteiger partial charge < -0.3 is 15.0 Å². The molecule has 0 radical (unpaired) electrons. The largest absolute Gasteiger partial charge is 0.374 e. The summed E-state index contributed by atoms with van der Waals surface area (Å²) in [7, 11) is 2.14. The van der Waals surface area contributed by atoms with Gasteiger partial charge in [0.2, 0.25) is 0 Å². The molecule has 1 N–H and O–H groups in total. The Labute approximate surface area is 120 Å². The third-order valence-corrected chi connectivity index (χ3v) is 3.82. The maximum absolute atomic E-state index is 6.01. The summed E-state index contributed by atoms with van der Waals surface area (Å²) in [4.78, 5) is 2.32. The van der Waals surface area contributed by atoms with Gasteiger partial charge in [0.05, 0.1) is 12.7 Å². The fourth-order valence-corrected chi connectivity index (χ4v) is 2.58. The third kappa shape index (κ3) is 4.77. The molecule has 106 valence electrons. The number of likely N-dealkylation sites (N-methyl/N-ethyl adjacent to an activating group) is 1. The Kier molecular flexibility index (Phi) is 5.64. The van der Waals surface area contributed by atoms with Crippen molar-refractivity contribution in [1.82, 2.24) is 10.2 Å². The highest BCUT2D eigenvalue weighted by Crippen LogP contribution is 2.18. The monoisotopic (exact) mass is 282 g/mol. The first-order valence-corrected chi connectivity index (χ1v) is 7.29. The molecule has 2 unspecified atom stereocenters. The molecule has 1 aromatic carbocycles. The highest BCUT2D eigenvalue weighted by molar-refractivity contribution is 6.30. The minimum absolute atomic E-state index is 0.310. The lowest BCUT2D eigenvalue weighted by molar-refractivity contribution is -0.0180. The second-order valence-electron chi connectivity index (χ2n) is 5.37. The van der Waals surface area contributed by atoms with Crippen LogP contribution in [0.5, 0.6) is 0 Å². The Hall–Kier alpha value is -0.610. The molecule has 1 saturated heterocycles. The van der Waals surface area contributed by atoms with Crippen LogP contribution < -0.4 is 5.32 Å². The first-order valence-electron chi connectivity index (χ1n) is 6.91. The van der Waals surface area contributed by atoms with Crippen molar-refractivity contribution in [2.24, 2.45) is 0 Å². The SMILES string of the molecule is CC(CNCC1CN(C)CCO1)c1cccc(Cl)c1. The number of nitrogens with zero attached hydrogens (tertiary/aromatic N) is 1. The van der Waals surface area contributed by atoms with E-state index < -0.39 is 0 Å². The Morgan fingerprint density at radius 1 is 1.53 bits per heavy atom. The van der Waals surface area contributed by atoms with Crippen molar-refractivity contribution in [3.05, 3.63) is 34.9 Å². The number of ether oxygens (including phenoxy) is 1. The Bertz CT molecular complexity index is 399. The summed E-state index contributed by atoms with van der Waals surface area (Å²) in [5, 5.41) is 4.31. The summed E-state index contributed by atoms with van der Waals surface area (Å²) < 4.78 is 5.73. The molecule has 1 heterocycles. The summed E-state index contributed by atoms with van der Waals surface area (Å²) >= 11 is 6.01. The summed E-state index contributed by atoms with van der Waals surface area (Å²) in [6, 6.07) is 8.09. The summed E-state index contributed by atoms with van der Waals surface area (Å²) in [5.74, 6) is 0.458. The maximum Gasteiger partial charge on any atom is 0.0826 e. The van der Waals surface area contributed by atoms with Gasteiger partial charge in [-0.25, -0.2) is 0 Å². The number of rotatable bonds is 5. The molecule has 0 bridgehead atoms. The molecule has 1 aromatic rings. The number of morpholine rings is 1. The normalized spacial score (nSPS) is 22.4. The van der Waals surface area contributed by atoms with Gasteiger partial charge in [-0.3, -0.25) is 0 Å². The first kappa shape index (κ1) is 14.8. The molecule has 1 aliphatic rings. The maximum atomic E-state index is 6.01. The zero-order chi connectivity index (χ0) is 13.7. The summed E-state index contributed by atoms with van der Waals surface area (Å²) in [6.07, 6.45) is 0.310. The molecule has 4 heteroatoms. The van der Waals surface area contributed by atoms with Crippen molar-refractivity contribution in [1.29, 1.82) is 0 Å². The molecule has 0 saturated carbocycles. The lowest BCUT2D eigenvalue weighted by atomic mass is 10.0. The Morgan fingerprint density at radius 2 is 2.37 bits per heavy atom. The van der Waals surface area contributed by atoms with Gasteiger partial charge in [-0.05, 0) is 30.7 Å². The highest BCUT2D eigenvalue weighted by Gasteiger charge is 2.17. The summed E-state index contributed by atoms with van der Waals surface area (Å²) in [6.45, 7) is 6.96. The van der Waals surface area contributed by atoms with Crippen LogP contribution in [0.1, 0.15) is 18.4 Å². The molecule has 19 heavy (non-hydrogen) atoms. The number of halogens is 1. The van der Waals surface area contributed by atoms with Crippen molar-refractivity contribution < 1.29 is 4.74 Å².